The molecule has 17 heavy (non-hydrogen) atoms. The Bertz CT molecular complexity index is 235. The zero-order valence-corrected chi connectivity index (χ0v) is 12.3. The van der Waals surface area contributed by atoms with Gasteiger partial charge in [-0.3, -0.25) is 0 Å². The summed E-state index contributed by atoms with van der Waals surface area (Å²) < 4.78 is 6.38. The van der Waals surface area contributed by atoms with Gasteiger partial charge in [0.2, 0.25) is 0 Å². The molecule has 0 aromatic heterocycles. The first-order chi connectivity index (χ1) is 8.02. The third-order valence-corrected chi connectivity index (χ3v) is 5.16. The summed E-state index contributed by atoms with van der Waals surface area (Å²) in [6.07, 6.45) is 9.51. The van der Waals surface area contributed by atoms with Gasteiger partial charge < -0.3 is 4.74 Å². The number of alkyl halides is 1. The van der Waals surface area contributed by atoms with E-state index in [2.05, 4.69) is 20.8 Å². The molecule has 0 aromatic carbocycles. The Morgan fingerprint density at radius 2 is 1.82 bits per heavy atom. The highest BCUT2D eigenvalue weighted by molar-refractivity contribution is 6.20. The highest BCUT2D eigenvalue weighted by Gasteiger charge is 2.42. The third-order valence-electron chi connectivity index (χ3n) is 4.83. The van der Waals surface area contributed by atoms with Gasteiger partial charge in [-0.15, -0.1) is 11.6 Å². The zero-order chi connectivity index (χ0) is 12.5. The van der Waals surface area contributed by atoms with E-state index in [-0.39, 0.29) is 11.0 Å². The molecule has 1 saturated carbocycles. The minimum atomic E-state index is 0.263. The summed E-state index contributed by atoms with van der Waals surface area (Å²) in [6.45, 7) is 6.69. The van der Waals surface area contributed by atoms with Crippen LogP contribution in [0.2, 0.25) is 0 Å². The van der Waals surface area contributed by atoms with E-state index in [1.54, 1.807) is 0 Å². The smallest absolute Gasteiger partial charge is 0.0687 e. The Balaban J connectivity index is 1.88. The normalized spacial score (nSPS) is 31.2. The van der Waals surface area contributed by atoms with Crippen molar-refractivity contribution in [1.29, 1.82) is 0 Å². The lowest BCUT2D eigenvalue weighted by atomic mass is 9.87. The molecule has 1 aliphatic heterocycles. The summed E-state index contributed by atoms with van der Waals surface area (Å²) in [5, 5.41) is 0.263. The molecule has 0 aromatic rings. The molecule has 1 saturated heterocycles. The predicted octanol–water partition coefficient (Wildman–Crippen LogP) is 4.77. The van der Waals surface area contributed by atoms with Gasteiger partial charge in [-0.25, -0.2) is 0 Å². The second kappa shape index (κ2) is 5.48. The first-order valence-electron chi connectivity index (χ1n) is 7.34. The van der Waals surface area contributed by atoms with Gasteiger partial charge in [0, 0.05) is 5.38 Å². The van der Waals surface area contributed by atoms with Crippen LogP contribution in [0.1, 0.15) is 65.7 Å². The fraction of sp³-hybridized carbons (Fsp3) is 1.00. The van der Waals surface area contributed by atoms with Crippen molar-refractivity contribution in [3.63, 3.8) is 0 Å². The molecule has 2 aliphatic rings. The van der Waals surface area contributed by atoms with Crippen LogP contribution in [0, 0.1) is 11.8 Å². The molecule has 1 spiro atoms. The average molecular weight is 259 g/mol. The van der Waals surface area contributed by atoms with E-state index < -0.39 is 0 Å². The maximum atomic E-state index is 6.38. The molecule has 1 heterocycles. The molecule has 1 nitrogen and oxygen atoms in total. The van der Waals surface area contributed by atoms with Gasteiger partial charge in [-0.1, -0.05) is 26.7 Å². The summed E-state index contributed by atoms with van der Waals surface area (Å²) >= 11 is 6.31. The molecule has 1 aliphatic carbocycles. The summed E-state index contributed by atoms with van der Waals surface area (Å²) in [4.78, 5) is 0. The first-order valence-corrected chi connectivity index (χ1v) is 7.78. The minimum absolute atomic E-state index is 0.263. The first kappa shape index (κ1) is 13.7. The molecule has 2 fully saturated rings. The van der Waals surface area contributed by atoms with E-state index in [0.29, 0.717) is 17.9 Å². The molecular weight excluding hydrogens is 232 g/mol. The average Bonchev–Trinajstić information content (AvgIpc) is 2.85. The summed E-state index contributed by atoms with van der Waals surface area (Å²) in [5.41, 5.74) is 0.280. The third kappa shape index (κ3) is 3.17. The Morgan fingerprint density at radius 1 is 1.18 bits per heavy atom. The van der Waals surface area contributed by atoms with Crippen LogP contribution in [0.5, 0.6) is 0 Å². The highest BCUT2D eigenvalue weighted by atomic mass is 35.5. The van der Waals surface area contributed by atoms with Gasteiger partial charge in [0.25, 0.3) is 0 Å². The van der Waals surface area contributed by atoms with E-state index in [9.17, 15) is 0 Å². The van der Waals surface area contributed by atoms with Crippen LogP contribution in [-0.2, 0) is 4.74 Å². The van der Waals surface area contributed by atoms with E-state index in [1.165, 1.54) is 38.5 Å². The van der Waals surface area contributed by atoms with Crippen molar-refractivity contribution in [3.05, 3.63) is 0 Å². The molecule has 100 valence electrons. The number of hydrogen-bond acceptors (Lipinski definition) is 1. The Hall–Kier alpha value is 0.250. The standard InChI is InChI=1S/C15H27ClO/c1-11(2)14(12(3)16)10-13-6-9-15(17-13)7-4-5-8-15/h11-14H,4-10H2,1-3H3. The highest BCUT2D eigenvalue weighted by Crippen LogP contribution is 2.45. The van der Waals surface area contributed by atoms with Gasteiger partial charge >= 0.3 is 0 Å². The quantitative estimate of drug-likeness (QED) is 0.660. The molecular formula is C15H27ClO. The molecule has 2 rings (SSSR count). The molecule has 2 heteroatoms. The topological polar surface area (TPSA) is 9.23 Å². The number of ether oxygens (including phenoxy) is 1. The maximum Gasteiger partial charge on any atom is 0.0687 e. The summed E-state index contributed by atoms with van der Waals surface area (Å²) in [6, 6.07) is 0. The predicted molar refractivity (Wildman–Crippen MR) is 73.6 cm³/mol. The zero-order valence-electron chi connectivity index (χ0n) is 11.5. The van der Waals surface area contributed by atoms with Crippen molar-refractivity contribution in [2.24, 2.45) is 11.8 Å². The van der Waals surface area contributed by atoms with Crippen LogP contribution in [0.3, 0.4) is 0 Å². The van der Waals surface area contributed by atoms with E-state index in [0.717, 1.165) is 6.42 Å². The van der Waals surface area contributed by atoms with Crippen molar-refractivity contribution in [3.8, 4) is 0 Å². The lowest BCUT2D eigenvalue weighted by Crippen LogP contribution is -2.28. The molecule has 0 bridgehead atoms. The van der Waals surface area contributed by atoms with Gasteiger partial charge in [0.05, 0.1) is 11.7 Å². The fourth-order valence-corrected chi connectivity index (χ4v) is 4.14. The van der Waals surface area contributed by atoms with Gasteiger partial charge in [0.15, 0.2) is 0 Å². The monoisotopic (exact) mass is 258 g/mol. The number of halogens is 1. The van der Waals surface area contributed by atoms with Gasteiger partial charge in [0.1, 0.15) is 0 Å². The SMILES string of the molecule is CC(C)C(CC1CCC2(CCCC2)O1)C(C)Cl. The van der Waals surface area contributed by atoms with Crippen LogP contribution >= 0.6 is 11.6 Å². The van der Waals surface area contributed by atoms with Crippen molar-refractivity contribution < 1.29 is 4.74 Å². The Labute approximate surface area is 111 Å². The van der Waals surface area contributed by atoms with Crippen LogP contribution in [0.25, 0.3) is 0 Å². The molecule has 0 amide bonds. The van der Waals surface area contributed by atoms with E-state index in [4.69, 9.17) is 16.3 Å². The van der Waals surface area contributed by atoms with Gasteiger partial charge in [-0.2, -0.15) is 0 Å². The van der Waals surface area contributed by atoms with E-state index in [1.807, 2.05) is 0 Å². The number of rotatable bonds is 4. The molecule has 3 atom stereocenters. The molecule has 0 radical (unpaired) electrons. The summed E-state index contributed by atoms with van der Waals surface area (Å²) in [5.74, 6) is 1.25. The lowest BCUT2D eigenvalue weighted by Gasteiger charge is -2.28. The van der Waals surface area contributed by atoms with Crippen molar-refractivity contribution in [2.45, 2.75) is 82.8 Å². The van der Waals surface area contributed by atoms with Crippen LogP contribution < -0.4 is 0 Å². The van der Waals surface area contributed by atoms with Gasteiger partial charge in [-0.05, 0) is 50.9 Å². The number of hydrogen-bond donors (Lipinski definition) is 0. The maximum absolute atomic E-state index is 6.38. The molecule has 0 N–H and O–H groups in total. The van der Waals surface area contributed by atoms with Crippen molar-refractivity contribution in [2.75, 3.05) is 0 Å². The van der Waals surface area contributed by atoms with Crippen LogP contribution in [0.4, 0.5) is 0 Å². The van der Waals surface area contributed by atoms with Crippen LogP contribution in [-0.4, -0.2) is 17.1 Å². The summed E-state index contributed by atoms with van der Waals surface area (Å²) in [7, 11) is 0. The van der Waals surface area contributed by atoms with Crippen molar-refractivity contribution in [1.82, 2.24) is 0 Å². The molecule has 3 unspecified atom stereocenters. The largest absolute Gasteiger partial charge is 0.372 e. The van der Waals surface area contributed by atoms with E-state index >= 15 is 0 Å². The van der Waals surface area contributed by atoms with Crippen molar-refractivity contribution >= 4 is 11.6 Å². The fourth-order valence-electron chi connectivity index (χ4n) is 3.74. The Morgan fingerprint density at radius 3 is 2.35 bits per heavy atom. The lowest BCUT2D eigenvalue weighted by molar-refractivity contribution is -0.0463. The second-order valence-electron chi connectivity index (χ2n) is 6.49. The Kier molecular flexibility index (Phi) is 4.41. The van der Waals surface area contributed by atoms with Crippen LogP contribution in [0.15, 0.2) is 0 Å². The second-order valence-corrected chi connectivity index (χ2v) is 7.18. The minimum Gasteiger partial charge on any atom is -0.372 e.